The lowest BCUT2D eigenvalue weighted by Crippen LogP contribution is -2.13. The molecule has 1 heterocycles. The Bertz CT molecular complexity index is 988. The topological polar surface area (TPSA) is 65.5 Å². The molecule has 0 aliphatic heterocycles. The molecule has 0 saturated heterocycles. The summed E-state index contributed by atoms with van der Waals surface area (Å²) in [5.74, 6) is -0.571. The highest BCUT2D eigenvalue weighted by molar-refractivity contribution is 5.93. The van der Waals surface area contributed by atoms with Crippen LogP contribution in [0.1, 0.15) is 33.8 Å². The molecule has 0 saturated carbocycles. The minimum absolute atomic E-state index is 0.257. The molecule has 5 heteroatoms. The van der Waals surface area contributed by atoms with E-state index in [9.17, 15) is 9.90 Å². The van der Waals surface area contributed by atoms with Gasteiger partial charge < -0.3 is 15.3 Å². The lowest BCUT2D eigenvalue weighted by atomic mass is 10.0. The molecule has 0 amide bonds. The molecule has 0 spiro atoms. The first-order valence-corrected chi connectivity index (χ1v) is 9.46. The van der Waals surface area contributed by atoms with Gasteiger partial charge in [-0.1, -0.05) is 24.3 Å². The zero-order valence-corrected chi connectivity index (χ0v) is 15.8. The van der Waals surface area contributed by atoms with E-state index in [0.29, 0.717) is 18.2 Å². The van der Waals surface area contributed by atoms with E-state index in [1.54, 1.807) is 6.20 Å². The highest BCUT2D eigenvalue weighted by Crippen LogP contribution is 2.36. The summed E-state index contributed by atoms with van der Waals surface area (Å²) in [5.41, 5.74) is 5.89. The normalized spacial score (nSPS) is 15.1. The van der Waals surface area contributed by atoms with Crippen molar-refractivity contribution in [1.29, 1.82) is 0 Å². The van der Waals surface area contributed by atoms with Gasteiger partial charge in [0.05, 0.1) is 17.4 Å². The molecule has 1 atom stereocenters. The number of rotatable bonds is 6. The van der Waals surface area contributed by atoms with Crippen LogP contribution in [0.2, 0.25) is 0 Å². The van der Waals surface area contributed by atoms with Crippen molar-refractivity contribution in [2.45, 2.75) is 18.8 Å². The minimum atomic E-state index is -0.940. The number of para-hydroxylation sites is 1. The van der Waals surface area contributed by atoms with Crippen LogP contribution in [0, 0.1) is 0 Å². The number of hydrogen-bond acceptors (Lipinski definition) is 4. The number of anilines is 3. The second-order valence-corrected chi connectivity index (χ2v) is 7.12. The quantitative estimate of drug-likeness (QED) is 0.656. The van der Waals surface area contributed by atoms with Crippen LogP contribution in [0.3, 0.4) is 0 Å². The molecule has 2 N–H and O–H groups in total. The number of nitrogens with zero attached hydrogens (tertiary/aromatic N) is 2. The number of fused-ring (bicyclic) bond motifs is 1. The molecule has 1 aliphatic carbocycles. The van der Waals surface area contributed by atoms with Crippen molar-refractivity contribution in [3.8, 4) is 0 Å². The van der Waals surface area contributed by atoms with Crippen molar-refractivity contribution in [1.82, 2.24) is 4.98 Å². The number of nitrogens with one attached hydrogen (secondary N) is 1. The van der Waals surface area contributed by atoms with Crippen LogP contribution in [0.15, 0.2) is 67.0 Å². The molecule has 0 unspecified atom stereocenters. The van der Waals surface area contributed by atoms with Crippen molar-refractivity contribution < 1.29 is 9.90 Å². The van der Waals surface area contributed by atoms with E-state index in [4.69, 9.17) is 0 Å². The average molecular weight is 373 g/mol. The molecular formula is C23H23N3O2. The van der Waals surface area contributed by atoms with Gasteiger partial charge in [-0.15, -0.1) is 0 Å². The predicted octanol–water partition coefficient (Wildman–Crippen LogP) is 4.69. The Balaban J connectivity index is 1.49. The SMILES string of the molecule is CN(c1ccccc1)c1ccc2c(c1)CC[C@@H]2CNc1cnccc1C(=O)O. The van der Waals surface area contributed by atoms with Gasteiger partial charge in [0, 0.05) is 37.1 Å². The third-order valence-corrected chi connectivity index (χ3v) is 5.45. The summed E-state index contributed by atoms with van der Waals surface area (Å²) in [4.78, 5) is 17.6. The molecule has 1 aliphatic rings. The highest BCUT2D eigenvalue weighted by Gasteiger charge is 2.23. The van der Waals surface area contributed by atoms with Crippen LogP contribution in [0.4, 0.5) is 17.1 Å². The Morgan fingerprint density at radius 3 is 2.79 bits per heavy atom. The van der Waals surface area contributed by atoms with Crippen LogP contribution in [0.25, 0.3) is 0 Å². The van der Waals surface area contributed by atoms with Crippen molar-refractivity contribution in [3.05, 3.63) is 83.7 Å². The maximum absolute atomic E-state index is 11.4. The number of carboxylic acids is 1. The van der Waals surface area contributed by atoms with E-state index in [1.807, 2.05) is 18.2 Å². The average Bonchev–Trinajstić information content (AvgIpc) is 3.14. The largest absolute Gasteiger partial charge is 0.478 e. The summed E-state index contributed by atoms with van der Waals surface area (Å²) in [6, 6.07) is 18.5. The molecule has 0 radical (unpaired) electrons. The summed E-state index contributed by atoms with van der Waals surface area (Å²) in [6.45, 7) is 0.701. The Hall–Kier alpha value is -3.34. The summed E-state index contributed by atoms with van der Waals surface area (Å²) in [6.07, 6.45) is 5.18. The van der Waals surface area contributed by atoms with Crippen LogP contribution in [0.5, 0.6) is 0 Å². The number of pyridine rings is 1. The van der Waals surface area contributed by atoms with E-state index in [-0.39, 0.29) is 5.56 Å². The van der Waals surface area contributed by atoms with Crippen molar-refractivity contribution in [3.63, 3.8) is 0 Å². The maximum atomic E-state index is 11.4. The first-order valence-electron chi connectivity index (χ1n) is 9.46. The monoisotopic (exact) mass is 373 g/mol. The number of carboxylic acid groups (broad SMARTS) is 1. The van der Waals surface area contributed by atoms with Gasteiger partial charge in [0.25, 0.3) is 0 Å². The van der Waals surface area contributed by atoms with E-state index in [2.05, 4.69) is 52.6 Å². The Morgan fingerprint density at radius 2 is 2.00 bits per heavy atom. The molecule has 4 rings (SSSR count). The van der Waals surface area contributed by atoms with E-state index < -0.39 is 5.97 Å². The van der Waals surface area contributed by atoms with Gasteiger partial charge >= 0.3 is 5.97 Å². The third kappa shape index (κ3) is 3.56. The predicted molar refractivity (Wildman–Crippen MR) is 112 cm³/mol. The van der Waals surface area contributed by atoms with Crippen molar-refractivity contribution in [2.75, 3.05) is 23.8 Å². The molecule has 3 aromatic rings. The lowest BCUT2D eigenvalue weighted by Gasteiger charge is -2.21. The van der Waals surface area contributed by atoms with Gasteiger partial charge in [-0.25, -0.2) is 4.79 Å². The van der Waals surface area contributed by atoms with E-state index in [1.165, 1.54) is 29.1 Å². The van der Waals surface area contributed by atoms with Gasteiger partial charge in [-0.3, -0.25) is 4.98 Å². The van der Waals surface area contributed by atoms with Gasteiger partial charge in [0.2, 0.25) is 0 Å². The van der Waals surface area contributed by atoms with E-state index in [0.717, 1.165) is 18.5 Å². The number of benzene rings is 2. The van der Waals surface area contributed by atoms with Gasteiger partial charge in [-0.05, 0) is 54.3 Å². The van der Waals surface area contributed by atoms with Crippen LogP contribution < -0.4 is 10.2 Å². The summed E-state index contributed by atoms with van der Waals surface area (Å²) in [7, 11) is 2.08. The standard InChI is InChI=1S/C23H23N3O2/c1-26(18-5-3-2-4-6-18)19-9-10-20-16(13-19)7-8-17(20)14-25-22-15-24-12-11-21(22)23(27)28/h2-6,9-13,15,17,25H,7-8,14H2,1H3,(H,27,28)/t17-/m1/s1. The molecule has 0 fully saturated rings. The maximum Gasteiger partial charge on any atom is 0.337 e. The zero-order valence-electron chi connectivity index (χ0n) is 15.8. The number of aromatic nitrogens is 1. The number of carbonyl (C=O) groups is 1. The van der Waals surface area contributed by atoms with Crippen LogP contribution in [-0.4, -0.2) is 29.7 Å². The van der Waals surface area contributed by atoms with Crippen molar-refractivity contribution in [2.24, 2.45) is 0 Å². The lowest BCUT2D eigenvalue weighted by molar-refractivity contribution is 0.0698. The first-order chi connectivity index (χ1) is 13.6. The Labute approximate surface area is 164 Å². The van der Waals surface area contributed by atoms with Gasteiger partial charge in [-0.2, -0.15) is 0 Å². The molecule has 1 aromatic heterocycles. The fourth-order valence-corrected chi connectivity index (χ4v) is 3.87. The summed E-state index contributed by atoms with van der Waals surface area (Å²) >= 11 is 0. The highest BCUT2D eigenvalue weighted by atomic mass is 16.4. The van der Waals surface area contributed by atoms with Crippen molar-refractivity contribution >= 4 is 23.0 Å². The fraction of sp³-hybridized carbons (Fsp3) is 0.217. The summed E-state index contributed by atoms with van der Waals surface area (Å²) < 4.78 is 0. The third-order valence-electron chi connectivity index (χ3n) is 5.45. The molecule has 5 nitrogen and oxygen atoms in total. The minimum Gasteiger partial charge on any atom is -0.478 e. The number of aromatic carboxylic acids is 1. The Kier molecular flexibility index (Phi) is 4.98. The molecular weight excluding hydrogens is 350 g/mol. The van der Waals surface area contributed by atoms with E-state index >= 15 is 0 Å². The van der Waals surface area contributed by atoms with Gasteiger partial charge in [0.15, 0.2) is 0 Å². The first kappa shape index (κ1) is 18.0. The molecule has 2 aromatic carbocycles. The summed E-state index contributed by atoms with van der Waals surface area (Å²) in [5, 5.41) is 12.6. The van der Waals surface area contributed by atoms with Crippen LogP contribution in [-0.2, 0) is 6.42 Å². The zero-order chi connectivity index (χ0) is 19.5. The molecule has 0 bridgehead atoms. The number of hydrogen-bond donors (Lipinski definition) is 2. The second kappa shape index (κ2) is 7.72. The molecule has 142 valence electrons. The van der Waals surface area contributed by atoms with Gasteiger partial charge in [0.1, 0.15) is 0 Å². The van der Waals surface area contributed by atoms with Crippen LogP contribution >= 0.6 is 0 Å². The molecule has 28 heavy (non-hydrogen) atoms. The second-order valence-electron chi connectivity index (χ2n) is 7.12. The Morgan fingerprint density at radius 1 is 1.18 bits per heavy atom. The fourth-order valence-electron chi connectivity index (χ4n) is 3.87. The smallest absolute Gasteiger partial charge is 0.337 e. The number of aryl methyl sites for hydroxylation is 1.